The molecule has 0 fully saturated rings. The number of aromatic nitrogens is 2. The van der Waals surface area contributed by atoms with E-state index in [2.05, 4.69) is 17.1 Å². The number of nitrogens with one attached hydrogen (secondary N) is 1. The molecule has 0 bridgehead atoms. The Bertz CT molecular complexity index is 290. The van der Waals surface area contributed by atoms with Crippen molar-refractivity contribution in [1.29, 1.82) is 0 Å². The SMILES string of the molecule is C[C@@H]1CC(=O)c2cn[nH]c2C1. The number of ketones is 1. The quantitative estimate of drug-likeness (QED) is 0.603. The first-order chi connectivity index (χ1) is 5.27. The van der Waals surface area contributed by atoms with Crippen molar-refractivity contribution in [1.82, 2.24) is 10.2 Å². The second-order valence-electron chi connectivity index (χ2n) is 3.20. The zero-order chi connectivity index (χ0) is 7.84. The number of carbonyl (C=O) groups is 1. The van der Waals surface area contributed by atoms with Crippen LogP contribution in [0.5, 0.6) is 0 Å². The number of rotatable bonds is 0. The van der Waals surface area contributed by atoms with Gasteiger partial charge in [-0.1, -0.05) is 6.92 Å². The minimum Gasteiger partial charge on any atom is -0.294 e. The highest BCUT2D eigenvalue weighted by Gasteiger charge is 2.23. The van der Waals surface area contributed by atoms with Crippen LogP contribution in [0.4, 0.5) is 0 Å². The summed E-state index contributed by atoms with van der Waals surface area (Å²) in [5, 5.41) is 6.69. The fourth-order valence-electron chi connectivity index (χ4n) is 1.56. The van der Waals surface area contributed by atoms with E-state index in [1.807, 2.05) is 0 Å². The Kier molecular flexibility index (Phi) is 1.31. The molecule has 0 aliphatic heterocycles. The zero-order valence-electron chi connectivity index (χ0n) is 6.42. The van der Waals surface area contributed by atoms with Crippen LogP contribution in [0.3, 0.4) is 0 Å². The molecule has 1 N–H and O–H groups in total. The van der Waals surface area contributed by atoms with E-state index in [4.69, 9.17) is 0 Å². The third-order valence-corrected chi connectivity index (χ3v) is 2.11. The Morgan fingerprint density at radius 3 is 3.27 bits per heavy atom. The van der Waals surface area contributed by atoms with Gasteiger partial charge in [-0.15, -0.1) is 0 Å². The monoisotopic (exact) mass is 150 g/mol. The fraction of sp³-hybridized carbons (Fsp3) is 0.500. The molecule has 58 valence electrons. The van der Waals surface area contributed by atoms with Crippen LogP contribution in [0.1, 0.15) is 29.4 Å². The lowest BCUT2D eigenvalue weighted by molar-refractivity contribution is 0.0953. The van der Waals surface area contributed by atoms with Gasteiger partial charge in [0.1, 0.15) is 0 Å². The van der Waals surface area contributed by atoms with Crippen molar-refractivity contribution in [3.8, 4) is 0 Å². The second-order valence-corrected chi connectivity index (χ2v) is 3.20. The lowest BCUT2D eigenvalue weighted by atomic mass is 9.89. The summed E-state index contributed by atoms with van der Waals surface area (Å²) in [7, 11) is 0. The first-order valence-electron chi connectivity index (χ1n) is 3.83. The van der Waals surface area contributed by atoms with Gasteiger partial charge >= 0.3 is 0 Å². The molecule has 2 rings (SSSR count). The molecule has 0 saturated carbocycles. The maximum Gasteiger partial charge on any atom is 0.166 e. The average molecular weight is 150 g/mol. The van der Waals surface area contributed by atoms with Gasteiger partial charge in [-0.2, -0.15) is 5.10 Å². The van der Waals surface area contributed by atoms with Gasteiger partial charge in [-0.3, -0.25) is 9.89 Å². The minimum atomic E-state index is 0.229. The molecule has 0 saturated heterocycles. The Morgan fingerprint density at radius 1 is 1.64 bits per heavy atom. The van der Waals surface area contributed by atoms with Crippen LogP contribution in [0, 0.1) is 5.92 Å². The first-order valence-corrected chi connectivity index (χ1v) is 3.83. The van der Waals surface area contributed by atoms with Gasteiger partial charge in [0.2, 0.25) is 0 Å². The minimum absolute atomic E-state index is 0.229. The summed E-state index contributed by atoms with van der Waals surface area (Å²) in [6.07, 6.45) is 3.26. The number of H-pyrrole nitrogens is 1. The number of nitrogens with zero attached hydrogens (tertiary/aromatic N) is 1. The van der Waals surface area contributed by atoms with Crippen LogP contribution in [0.15, 0.2) is 6.20 Å². The van der Waals surface area contributed by atoms with Gasteiger partial charge in [0, 0.05) is 12.1 Å². The maximum atomic E-state index is 11.3. The van der Waals surface area contributed by atoms with Gasteiger partial charge in [0.15, 0.2) is 5.78 Å². The summed E-state index contributed by atoms with van der Waals surface area (Å²) in [5.41, 5.74) is 1.80. The lowest BCUT2D eigenvalue weighted by Gasteiger charge is -2.15. The number of aromatic amines is 1. The Labute approximate surface area is 64.8 Å². The predicted molar refractivity (Wildman–Crippen MR) is 40.4 cm³/mol. The van der Waals surface area contributed by atoms with Gasteiger partial charge in [-0.25, -0.2) is 0 Å². The molecule has 1 aliphatic carbocycles. The number of Topliss-reactive ketones (excluding diaryl/α,β-unsaturated/α-hetero) is 1. The van der Waals surface area contributed by atoms with Gasteiger partial charge < -0.3 is 0 Å². The smallest absolute Gasteiger partial charge is 0.166 e. The number of carbonyl (C=O) groups excluding carboxylic acids is 1. The van der Waals surface area contributed by atoms with Crippen LogP contribution in [-0.4, -0.2) is 16.0 Å². The summed E-state index contributed by atoms with van der Waals surface area (Å²) in [6, 6.07) is 0. The molecule has 1 atom stereocenters. The zero-order valence-corrected chi connectivity index (χ0v) is 6.42. The van der Waals surface area contributed by atoms with Crippen molar-refractivity contribution in [2.75, 3.05) is 0 Å². The normalized spacial score (nSPS) is 23.4. The second kappa shape index (κ2) is 2.19. The predicted octanol–water partition coefficient (Wildman–Crippen LogP) is 1.17. The average Bonchev–Trinajstić information content (AvgIpc) is 2.34. The third kappa shape index (κ3) is 0.964. The lowest BCUT2D eigenvalue weighted by Crippen LogP contribution is -2.16. The van der Waals surface area contributed by atoms with Crippen molar-refractivity contribution in [2.45, 2.75) is 19.8 Å². The molecule has 0 amide bonds. The van der Waals surface area contributed by atoms with Gasteiger partial charge in [0.25, 0.3) is 0 Å². The number of hydrogen-bond acceptors (Lipinski definition) is 2. The van der Waals surface area contributed by atoms with E-state index in [1.165, 1.54) is 0 Å². The Morgan fingerprint density at radius 2 is 2.45 bits per heavy atom. The molecule has 1 heterocycles. The molecule has 1 aliphatic rings. The summed E-state index contributed by atoms with van der Waals surface area (Å²) >= 11 is 0. The highest BCUT2D eigenvalue weighted by atomic mass is 16.1. The number of hydrogen-bond donors (Lipinski definition) is 1. The van der Waals surface area contributed by atoms with Crippen LogP contribution < -0.4 is 0 Å². The molecule has 0 radical (unpaired) electrons. The van der Waals surface area contributed by atoms with Crippen molar-refractivity contribution >= 4 is 5.78 Å². The van der Waals surface area contributed by atoms with Gasteiger partial charge in [-0.05, 0) is 12.3 Å². The van der Waals surface area contributed by atoms with E-state index in [0.29, 0.717) is 12.3 Å². The van der Waals surface area contributed by atoms with E-state index in [0.717, 1.165) is 17.7 Å². The van der Waals surface area contributed by atoms with E-state index in [9.17, 15) is 4.79 Å². The van der Waals surface area contributed by atoms with Crippen LogP contribution in [0.25, 0.3) is 0 Å². The van der Waals surface area contributed by atoms with Crippen molar-refractivity contribution in [3.05, 3.63) is 17.5 Å². The molecule has 0 unspecified atom stereocenters. The molecule has 3 nitrogen and oxygen atoms in total. The summed E-state index contributed by atoms with van der Waals surface area (Å²) in [5.74, 6) is 0.697. The fourth-order valence-corrected chi connectivity index (χ4v) is 1.56. The molecule has 3 heteroatoms. The summed E-state index contributed by atoms with van der Waals surface area (Å²) in [4.78, 5) is 11.3. The highest BCUT2D eigenvalue weighted by molar-refractivity contribution is 5.97. The largest absolute Gasteiger partial charge is 0.294 e. The van der Waals surface area contributed by atoms with Crippen LogP contribution >= 0.6 is 0 Å². The van der Waals surface area contributed by atoms with E-state index in [-0.39, 0.29) is 5.78 Å². The molecule has 1 aromatic heterocycles. The Hall–Kier alpha value is -1.12. The third-order valence-electron chi connectivity index (χ3n) is 2.11. The molecular weight excluding hydrogens is 140 g/mol. The van der Waals surface area contributed by atoms with Crippen LogP contribution in [-0.2, 0) is 6.42 Å². The van der Waals surface area contributed by atoms with Gasteiger partial charge in [0.05, 0.1) is 11.8 Å². The molecule has 0 aromatic carbocycles. The van der Waals surface area contributed by atoms with E-state index >= 15 is 0 Å². The molecule has 11 heavy (non-hydrogen) atoms. The number of fused-ring (bicyclic) bond motifs is 1. The summed E-state index contributed by atoms with van der Waals surface area (Å²) < 4.78 is 0. The molecule has 0 spiro atoms. The summed E-state index contributed by atoms with van der Waals surface area (Å²) in [6.45, 7) is 2.08. The maximum absolute atomic E-state index is 11.3. The molecule has 1 aromatic rings. The topological polar surface area (TPSA) is 45.8 Å². The molecular formula is C8H10N2O. The van der Waals surface area contributed by atoms with Crippen LogP contribution in [0.2, 0.25) is 0 Å². The highest BCUT2D eigenvalue weighted by Crippen LogP contribution is 2.22. The standard InChI is InChI=1S/C8H10N2O/c1-5-2-7-6(4-9-10-7)8(11)3-5/h4-5H,2-3H2,1H3,(H,9,10)/t5-/m0/s1. The van der Waals surface area contributed by atoms with E-state index in [1.54, 1.807) is 6.20 Å². The Balaban J connectivity index is 2.44. The van der Waals surface area contributed by atoms with Crippen molar-refractivity contribution in [2.24, 2.45) is 5.92 Å². The van der Waals surface area contributed by atoms with E-state index < -0.39 is 0 Å². The van der Waals surface area contributed by atoms with Crippen molar-refractivity contribution < 1.29 is 4.79 Å². The van der Waals surface area contributed by atoms with Crippen molar-refractivity contribution in [3.63, 3.8) is 0 Å². The first kappa shape index (κ1) is 6.58.